The van der Waals surface area contributed by atoms with E-state index in [0.29, 0.717) is 60.5 Å². The highest BCUT2D eigenvalue weighted by Crippen LogP contribution is 2.37. The molecule has 3 rings (SSSR count). The van der Waals surface area contributed by atoms with Crippen molar-refractivity contribution in [1.82, 2.24) is 0 Å². The molecule has 2 amide bonds. The Bertz CT molecular complexity index is 888. The van der Waals surface area contributed by atoms with Gasteiger partial charge in [-0.05, 0) is 43.5 Å². The molecule has 0 fully saturated rings. The molecule has 0 aromatic heterocycles. The number of methoxy groups -OCH3 is 1. The molecule has 1 aromatic rings. The third-order valence-electron chi connectivity index (χ3n) is 4.93. The normalized spacial score (nSPS) is 19.6. The van der Waals surface area contributed by atoms with Crippen LogP contribution in [0.4, 0.5) is 16.2 Å². The van der Waals surface area contributed by atoms with E-state index in [1.807, 2.05) is 6.92 Å². The summed E-state index contributed by atoms with van der Waals surface area (Å²) in [5.41, 5.74) is 3.95. The van der Waals surface area contributed by atoms with Crippen LogP contribution in [-0.4, -0.2) is 35.9 Å². The van der Waals surface area contributed by atoms with E-state index in [9.17, 15) is 19.5 Å². The van der Waals surface area contributed by atoms with Crippen molar-refractivity contribution in [3.8, 4) is 0 Å². The average molecular weight is 385 g/mol. The number of aliphatic imine (C=N–C) groups is 1. The lowest BCUT2D eigenvalue weighted by Crippen LogP contribution is -2.23. The number of carboxylic acid groups (broad SMARTS) is 1. The topological polar surface area (TPSA) is 117 Å². The van der Waals surface area contributed by atoms with Gasteiger partial charge in [-0.25, -0.2) is 4.79 Å². The molecule has 148 valence electrons. The largest absolute Gasteiger partial charge is 0.481 e. The number of hydrogen-bond acceptors (Lipinski definition) is 5. The second-order valence-corrected chi connectivity index (χ2v) is 6.97. The van der Waals surface area contributed by atoms with Crippen LogP contribution in [0.25, 0.3) is 5.70 Å². The standard InChI is InChI=1S/C20H23N3O5/c1-11-9-15-14(19(25)26)5-3-4-6-17(24)22-16-10-12(21-20(27)28-2)7-8-13(16)18(11)23-15/h7-8,10,14H,3-6,9H2,1-2H3,(H,21,27)(H,22,24)(H,25,26). The highest BCUT2D eigenvalue weighted by molar-refractivity contribution is 6.09. The summed E-state index contributed by atoms with van der Waals surface area (Å²) in [5.74, 6) is -1.69. The Hall–Kier alpha value is -3.16. The Morgan fingerprint density at radius 1 is 1.32 bits per heavy atom. The Morgan fingerprint density at radius 3 is 2.82 bits per heavy atom. The number of carbonyl (C=O) groups is 3. The van der Waals surface area contributed by atoms with E-state index in [1.54, 1.807) is 18.2 Å². The summed E-state index contributed by atoms with van der Waals surface area (Å²) in [7, 11) is 1.27. The van der Waals surface area contributed by atoms with Crippen molar-refractivity contribution in [2.75, 3.05) is 17.7 Å². The fourth-order valence-corrected chi connectivity index (χ4v) is 3.51. The second-order valence-electron chi connectivity index (χ2n) is 6.97. The van der Waals surface area contributed by atoms with Crippen molar-refractivity contribution in [2.24, 2.45) is 10.9 Å². The van der Waals surface area contributed by atoms with E-state index in [-0.39, 0.29) is 5.91 Å². The predicted molar refractivity (Wildman–Crippen MR) is 105 cm³/mol. The van der Waals surface area contributed by atoms with Crippen molar-refractivity contribution in [1.29, 1.82) is 0 Å². The number of fused-ring (bicyclic) bond motifs is 3. The molecule has 2 aliphatic heterocycles. The number of nitrogens with one attached hydrogen (secondary N) is 2. The molecule has 8 nitrogen and oxygen atoms in total. The number of rotatable bonds is 2. The molecule has 3 N–H and O–H groups in total. The van der Waals surface area contributed by atoms with Gasteiger partial charge >= 0.3 is 12.1 Å². The van der Waals surface area contributed by atoms with Crippen LogP contribution >= 0.6 is 0 Å². The molecule has 0 aliphatic carbocycles. The van der Waals surface area contributed by atoms with E-state index in [2.05, 4.69) is 20.4 Å². The first kappa shape index (κ1) is 19.6. The van der Waals surface area contributed by atoms with Crippen molar-refractivity contribution in [2.45, 2.75) is 39.0 Å². The van der Waals surface area contributed by atoms with Crippen LogP contribution in [0.5, 0.6) is 0 Å². The number of hydrogen-bond donors (Lipinski definition) is 3. The monoisotopic (exact) mass is 385 g/mol. The summed E-state index contributed by atoms with van der Waals surface area (Å²) in [5, 5.41) is 15.1. The van der Waals surface area contributed by atoms with Crippen LogP contribution in [0.2, 0.25) is 0 Å². The van der Waals surface area contributed by atoms with Crippen molar-refractivity contribution in [3.63, 3.8) is 0 Å². The summed E-state index contributed by atoms with van der Waals surface area (Å²) < 4.78 is 4.61. The van der Waals surface area contributed by atoms with Gasteiger partial charge in [-0.2, -0.15) is 0 Å². The smallest absolute Gasteiger partial charge is 0.411 e. The zero-order valence-electron chi connectivity index (χ0n) is 15.9. The molecule has 1 aromatic carbocycles. The van der Waals surface area contributed by atoms with Crippen molar-refractivity contribution >= 4 is 40.8 Å². The molecule has 2 heterocycles. The minimum atomic E-state index is -0.882. The van der Waals surface area contributed by atoms with E-state index in [1.165, 1.54) is 7.11 Å². The fourth-order valence-electron chi connectivity index (χ4n) is 3.51. The zero-order valence-corrected chi connectivity index (χ0v) is 15.9. The molecule has 28 heavy (non-hydrogen) atoms. The third kappa shape index (κ3) is 4.21. The van der Waals surface area contributed by atoms with Crippen molar-refractivity contribution in [3.05, 3.63) is 29.3 Å². The fraction of sp³-hybridized carbons (Fsp3) is 0.400. The second kappa shape index (κ2) is 8.24. The summed E-state index contributed by atoms with van der Waals surface area (Å²) in [4.78, 5) is 40.2. The Kier molecular flexibility index (Phi) is 5.77. The van der Waals surface area contributed by atoms with Gasteiger partial charge in [0.15, 0.2) is 0 Å². The van der Waals surface area contributed by atoms with Crippen LogP contribution in [0.1, 0.15) is 44.6 Å². The van der Waals surface area contributed by atoms with Crippen molar-refractivity contribution < 1.29 is 24.2 Å². The number of aliphatic carboxylic acids is 1. The van der Waals surface area contributed by atoms with Gasteiger partial charge in [0.1, 0.15) is 0 Å². The molecule has 2 bridgehead atoms. The van der Waals surface area contributed by atoms with Crippen LogP contribution in [0.3, 0.4) is 0 Å². The molecule has 8 heteroatoms. The number of benzene rings is 1. The van der Waals surface area contributed by atoms with Gasteiger partial charge in [-0.15, -0.1) is 0 Å². The number of amides is 2. The Labute approximate surface area is 162 Å². The molecule has 0 radical (unpaired) electrons. The predicted octanol–water partition coefficient (Wildman–Crippen LogP) is 3.65. The quantitative estimate of drug-likeness (QED) is 0.718. The molecule has 1 atom stereocenters. The summed E-state index contributed by atoms with van der Waals surface area (Å²) in [6.45, 7) is 1.91. The van der Waals surface area contributed by atoms with Gasteiger partial charge in [0.2, 0.25) is 5.91 Å². The van der Waals surface area contributed by atoms with Gasteiger partial charge in [0.05, 0.1) is 24.4 Å². The molecular formula is C20H23N3O5. The van der Waals surface area contributed by atoms with Crippen LogP contribution in [0, 0.1) is 5.92 Å². The first-order chi connectivity index (χ1) is 13.4. The SMILES string of the molecule is COC(=O)Nc1ccc2c(c1)NC(=O)CCCCC(C(=O)O)C1=NC2=C(C)C1. The summed E-state index contributed by atoms with van der Waals surface area (Å²) in [6, 6.07) is 5.10. The molecule has 0 saturated heterocycles. The third-order valence-corrected chi connectivity index (χ3v) is 4.93. The van der Waals surface area contributed by atoms with Gasteiger partial charge in [-0.3, -0.25) is 19.9 Å². The van der Waals surface area contributed by atoms with E-state index in [4.69, 9.17) is 0 Å². The Balaban J connectivity index is 2.05. The highest BCUT2D eigenvalue weighted by Gasteiger charge is 2.29. The number of allylic oxidation sites excluding steroid dienone is 1. The molecular weight excluding hydrogens is 362 g/mol. The Morgan fingerprint density at radius 2 is 2.11 bits per heavy atom. The minimum absolute atomic E-state index is 0.163. The number of nitrogens with zero attached hydrogens (tertiary/aromatic N) is 1. The van der Waals surface area contributed by atoms with Gasteiger partial charge in [0, 0.05) is 29.8 Å². The zero-order chi connectivity index (χ0) is 20.3. The van der Waals surface area contributed by atoms with Gasteiger partial charge in [-0.1, -0.05) is 6.42 Å². The number of anilines is 2. The molecule has 0 spiro atoms. The first-order valence-corrected chi connectivity index (χ1v) is 9.18. The molecule has 0 saturated carbocycles. The van der Waals surface area contributed by atoms with E-state index < -0.39 is 18.0 Å². The average Bonchev–Trinajstić information content (AvgIpc) is 3.01. The minimum Gasteiger partial charge on any atom is -0.481 e. The maximum Gasteiger partial charge on any atom is 0.411 e. The maximum atomic E-state index is 12.4. The van der Waals surface area contributed by atoms with Crippen LogP contribution in [-0.2, 0) is 14.3 Å². The highest BCUT2D eigenvalue weighted by atomic mass is 16.5. The summed E-state index contributed by atoms with van der Waals surface area (Å²) >= 11 is 0. The van der Waals surface area contributed by atoms with Crippen LogP contribution in [0.15, 0.2) is 28.8 Å². The lowest BCUT2D eigenvalue weighted by Gasteiger charge is -2.16. The van der Waals surface area contributed by atoms with Gasteiger partial charge < -0.3 is 15.2 Å². The lowest BCUT2D eigenvalue weighted by molar-refractivity contribution is -0.139. The summed E-state index contributed by atoms with van der Waals surface area (Å²) in [6.07, 6.45) is 1.89. The molecule has 1 unspecified atom stereocenters. The van der Waals surface area contributed by atoms with E-state index >= 15 is 0 Å². The maximum absolute atomic E-state index is 12.4. The van der Waals surface area contributed by atoms with E-state index in [0.717, 1.165) is 5.57 Å². The van der Waals surface area contributed by atoms with Gasteiger partial charge in [0.25, 0.3) is 0 Å². The number of ether oxygens (including phenoxy) is 1. The lowest BCUT2D eigenvalue weighted by atomic mass is 9.93. The number of carboxylic acids is 1. The van der Waals surface area contributed by atoms with Crippen LogP contribution < -0.4 is 10.6 Å². The first-order valence-electron chi connectivity index (χ1n) is 9.18. The number of carbonyl (C=O) groups excluding carboxylic acids is 2. The molecule has 2 aliphatic rings.